The van der Waals surface area contributed by atoms with Crippen molar-refractivity contribution in [3.8, 4) is 0 Å². The van der Waals surface area contributed by atoms with Crippen LogP contribution in [0.5, 0.6) is 0 Å². The van der Waals surface area contributed by atoms with Gasteiger partial charge in [0.1, 0.15) is 5.82 Å². The number of carbonyl (C=O) groups is 2. The lowest BCUT2D eigenvalue weighted by molar-refractivity contribution is -0.576. The minimum absolute atomic E-state index is 0.00276. The largest absolute Gasteiger partial charge is 0.435 e. The van der Waals surface area contributed by atoms with Crippen molar-refractivity contribution < 1.29 is 33.6 Å². The number of imidazole rings is 1. The number of aromatic nitrogens is 2. The minimum Gasteiger partial charge on any atom is -0.435 e. The Labute approximate surface area is 241 Å². The number of carbonyl (C=O) groups excluding carboxylic acids is 2. The molecule has 0 unspecified atom stereocenters. The molecular formula is C31H43N3O7. The van der Waals surface area contributed by atoms with Crippen LogP contribution >= 0.6 is 0 Å². The molecule has 4 aliphatic heterocycles. The third kappa shape index (κ3) is 5.63. The van der Waals surface area contributed by atoms with Gasteiger partial charge in [-0.3, -0.25) is 9.59 Å². The molecule has 1 aromatic heterocycles. The zero-order valence-corrected chi connectivity index (χ0v) is 24.4. The van der Waals surface area contributed by atoms with Crippen molar-refractivity contribution in [2.45, 2.75) is 109 Å². The maximum absolute atomic E-state index is 12.8. The van der Waals surface area contributed by atoms with Crippen LogP contribution in [-0.2, 0) is 40.0 Å². The molecule has 1 aromatic carbocycles. The summed E-state index contributed by atoms with van der Waals surface area (Å²) in [5, 5.41) is 2.92. The summed E-state index contributed by atoms with van der Waals surface area (Å²) in [5.41, 5.74) is 1.35. The topological polar surface area (TPSA) is 121 Å². The van der Waals surface area contributed by atoms with Gasteiger partial charge in [-0.05, 0) is 63.0 Å². The second kappa shape index (κ2) is 11.6. The molecule has 5 fully saturated rings. The van der Waals surface area contributed by atoms with Crippen LogP contribution in [0.3, 0.4) is 0 Å². The van der Waals surface area contributed by atoms with Crippen molar-refractivity contribution in [2.75, 3.05) is 6.54 Å². The van der Waals surface area contributed by atoms with Crippen LogP contribution in [0.25, 0.3) is 11.0 Å². The van der Waals surface area contributed by atoms with E-state index >= 15 is 0 Å². The second-order valence-electron chi connectivity index (χ2n) is 12.6. The molecule has 1 spiro atoms. The molecule has 2 bridgehead atoms. The van der Waals surface area contributed by atoms with Crippen LogP contribution in [0.1, 0.15) is 84.4 Å². The number of aromatic amines is 1. The number of unbranched alkanes of at least 4 members (excludes halogenated alkanes) is 2. The number of ether oxygens (including phenoxy) is 3. The summed E-state index contributed by atoms with van der Waals surface area (Å²) in [6.07, 6.45) is 6.08. The van der Waals surface area contributed by atoms with Gasteiger partial charge in [0.05, 0.1) is 17.5 Å². The summed E-state index contributed by atoms with van der Waals surface area (Å²) < 4.78 is 18.4. The van der Waals surface area contributed by atoms with E-state index in [0.29, 0.717) is 12.5 Å². The van der Waals surface area contributed by atoms with Crippen LogP contribution in [-0.4, -0.2) is 52.4 Å². The van der Waals surface area contributed by atoms with Crippen LogP contribution in [0.2, 0.25) is 0 Å². The maximum Gasteiger partial charge on any atom is 0.308 e. The Morgan fingerprint density at radius 3 is 2.78 bits per heavy atom. The average Bonchev–Trinajstić information content (AvgIpc) is 3.24. The number of nitrogens with zero attached hydrogens (tertiary/aromatic N) is 1. The van der Waals surface area contributed by atoms with E-state index in [1.807, 2.05) is 38.1 Å². The molecule has 10 nitrogen and oxygen atoms in total. The normalized spacial score (nSPS) is 36.0. The van der Waals surface area contributed by atoms with Crippen molar-refractivity contribution >= 4 is 22.9 Å². The number of benzene rings is 1. The Kier molecular flexibility index (Phi) is 8.11. The maximum atomic E-state index is 12.8. The van der Waals surface area contributed by atoms with Crippen molar-refractivity contribution in [1.29, 1.82) is 0 Å². The lowest BCUT2D eigenvalue weighted by atomic mass is 9.58. The Hall–Kier alpha value is -2.53. The summed E-state index contributed by atoms with van der Waals surface area (Å²) in [5.74, 6) is 0.232. The number of esters is 1. The molecule has 2 N–H and O–H groups in total. The zero-order valence-electron chi connectivity index (χ0n) is 24.4. The van der Waals surface area contributed by atoms with Gasteiger partial charge in [-0.15, -0.1) is 0 Å². The first kappa shape index (κ1) is 28.6. The molecule has 5 heterocycles. The highest BCUT2D eigenvalue weighted by molar-refractivity contribution is 5.81. The first-order valence-electron chi connectivity index (χ1n) is 15.4. The fourth-order valence-corrected chi connectivity index (χ4v) is 7.45. The van der Waals surface area contributed by atoms with Gasteiger partial charge in [0.2, 0.25) is 18.0 Å². The van der Waals surface area contributed by atoms with Crippen molar-refractivity contribution in [2.24, 2.45) is 23.7 Å². The smallest absolute Gasteiger partial charge is 0.308 e. The fourth-order valence-electron chi connectivity index (χ4n) is 7.45. The Bertz CT molecular complexity index is 1220. The van der Waals surface area contributed by atoms with Crippen molar-refractivity contribution in [1.82, 2.24) is 15.3 Å². The Balaban J connectivity index is 0.926. The standard InChI is InChI=1S/C31H43N3O7/c1-19-12-13-22-20(2)28(38-29-31(22)21(19)16-17-30(3,39-29)40-41-31)37-27(36)15-14-26(35)32-18-8-4-5-11-25-33-23-9-6-7-10-24(23)34-25/h6-7,9-10,19-22,28-29H,4-5,8,11-18H2,1-3H3,(H,32,35)(H,33,34)/t19-,20-,21-,22-,28+,29-,30-,31-/m1/s1. The molecule has 41 heavy (non-hydrogen) atoms. The number of aryl methyl sites for hydroxylation is 1. The van der Waals surface area contributed by atoms with E-state index in [2.05, 4.69) is 22.2 Å². The molecule has 1 saturated carbocycles. The SMILES string of the molecule is C[C@H]1[C@@H](OC(=O)CCC(=O)NCCCCCc2nc3ccccc3[nH]2)O[C@@H]2O[C@@]3(C)CC[C@@H]4[C@H](C)CC[C@H]1[C@@]24OO3. The Morgan fingerprint density at radius 2 is 1.93 bits per heavy atom. The van der Waals surface area contributed by atoms with Crippen LogP contribution < -0.4 is 5.32 Å². The second-order valence-corrected chi connectivity index (χ2v) is 12.6. The molecule has 0 radical (unpaired) electrons. The summed E-state index contributed by atoms with van der Waals surface area (Å²) in [4.78, 5) is 45.1. The van der Waals surface area contributed by atoms with Crippen LogP contribution in [0.15, 0.2) is 24.3 Å². The number of hydrogen-bond donors (Lipinski definition) is 2. The van der Waals surface area contributed by atoms with E-state index < -0.39 is 29.9 Å². The minimum atomic E-state index is -0.877. The molecule has 1 amide bonds. The highest BCUT2D eigenvalue weighted by Crippen LogP contribution is 2.60. The number of hydrogen-bond acceptors (Lipinski definition) is 8. The summed E-state index contributed by atoms with van der Waals surface area (Å²) >= 11 is 0. The van der Waals surface area contributed by atoms with Crippen molar-refractivity contribution in [3.05, 3.63) is 30.1 Å². The number of para-hydroxylation sites is 2. The van der Waals surface area contributed by atoms with Gasteiger partial charge in [-0.1, -0.05) is 32.4 Å². The van der Waals surface area contributed by atoms with Gasteiger partial charge in [-0.2, -0.15) is 0 Å². The van der Waals surface area contributed by atoms with E-state index in [4.69, 9.17) is 24.0 Å². The number of amides is 1. The monoisotopic (exact) mass is 569 g/mol. The molecule has 7 rings (SSSR count). The predicted molar refractivity (Wildman–Crippen MR) is 149 cm³/mol. The summed E-state index contributed by atoms with van der Waals surface area (Å²) in [6, 6.07) is 8.02. The number of rotatable bonds is 10. The zero-order chi connectivity index (χ0) is 28.6. The number of nitrogens with one attached hydrogen (secondary N) is 2. The van der Waals surface area contributed by atoms with Gasteiger partial charge in [-0.25, -0.2) is 14.8 Å². The first-order chi connectivity index (χ1) is 19.8. The lowest BCUT2D eigenvalue weighted by Gasteiger charge is -2.59. The third-order valence-corrected chi connectivity index (χ3v) is 9.75. The molecule has 10 heteroatoms. The number of H-pyrrole nitrogens is 1. The third-order valence-electron chi connectivity index (χ3n) is 9.75. The van der Waals surface area contributed by atoms with Gasteiger partial charge < -0.3 is 24.5 Å². The highest BCUT2D eigenvalue weighted by atomic mass is 17.3. The van der Waals surface area contributed by atoms with Gasteiger partial charge >= 0.3 is 5.97 Å². The van der Waals surface area contributed by atoms with E-state index in [1.54, 1.807) is 0 Å². The van der Waals surface area contributed by atoms with Gasteiger partial charge in [0, 0.05) is 37.6 Å². The molecule has 1 aliphatic carbocycles. The highest BCUT2D eigenvalue weighted by Gasteiger charge is 2.69. The van der Waals surface area contributed by atoms with Crippen molar-refractivity contribution in [3.63, 3.8) is 0 Å². The fraction of sp³-hybridized carbons (Fsp3) is 0.710. The van der Waals surface area contributed by atoms with E-state index in [1.165, 1.54) is 0 Å². The summed E-state index contributed by atoms with van der Waals surface area (Å²) in [7, 11) is 0. The molecule has 4 saturated heterocycles. The van der Waals surface area contributed by atoms with Crippen LogP contribution in [0.4, 0.5) is 0 Å². The van der Waals surface area contributed by atoms with Gasteiger partial charge in [0.25, 0.3) is 0 Å². The molecular weight excluding hydrogens is 526 g/mol. The molecule has 5 aliphatic rings. The Morgan fingerprint density at radius 1 is 1.07 bits per heavy atom. The molecule has 2 aromatic rings. The molecule has 224 valence electrons. The summed E-state index contributed by atoms with van der Waals surface area (Å²) in [6.45, 7) is 6.77. The molecule has 8 atom stereocenters. The lowest BCUT2D eigenvalue weighted by Crippen LogP contribution is -2.70. The van der Waals surface area contributed by atoms with E-state index in [0.717, 1.165) is 68.2 Å². The van der Waals surface area contributed by atoms with E-state index in [-0.39, 0.29) is 36.5 Å². The predicted octanol–water partition coefficient (Wildman–Crippen LogP) is 4.92. The first-order valence-corrected chi connectivity index (χ1v) is 15.4. The van der Waals surface area contributed by atoms with E-state index in [9.17, 15) is 9.59 Å². The average molecular weight is 570 g/mol. The van der Waals surface area contributed by atoms with Crippen LogP contribution in [0, 0.1) is 23.7 Å². The quantitative estimate of drug-likeness (QED) is 0.235. The van der Waals surface area contributed by atoms with Gasteiger partial charge in [0.15, 0.2) is 11.9 Å². The number of fused-ring (bicyclic) bond motifs is 3.